The second kappa shape index (κ2) is 8.34. The van der Waals surface area contributed by atoms with E-state index < -0.39 is 5.97 Å². The monoisotopic (exact) mass is 329 g/mol. The Morgan fingerprint density at radius 3 is 2.67 bits per heavy atom. The maximum absolute atomic E-state index is 12.1. The van der Waals surface area contributed by atoms with E-state index in [4.69, 9.17) is 9.47 Å². The normalized spacial score (nSPS) is 10.7. The van der Waals surface area contributed by atoms with Gasteiger partial charge in [0, 0.05) is 12.3 Å². The highest BCUT2D eigenvalue weighted by molar-refractivity contribution is 5.90. The third kappa shape index (κ3) is 4.98. The van der Waals surface area contributed by atoms with E-state index in [9.17, 15) is 9.59 Å². The lowest BCUT2D eigenvalue weighted by molar-refractivity contribution is 0.0466. The summed E-state index contributed by atoms with van der Waals surface area (Å²) in [6, 6.07) is 8.61. The number of aromatic nitrogens is 1. The summed E-state index contributed by atoms with van der Waals surface area (Å²) in [6.45, 7) is 6.55. The van der Waals surface area contributed by atoms with Gasteiger partial charge in [0.2, 0.25) is 5.43 Å². The Kier molecular flexibility index (Phi) is 6.18. The molecular weight excluding hydrogens is 306 g/mol. The fourth-order valence-corrected chi connectivity index (χ4v) is 2.12. The smallest absolute Gasteiger partial charge is 0.338 e. The molecule has 2 aromatic rings. The number of ether oxygens (including phenoxy) is 2. The molecule has 1 aromatic heterocycles. The standard InChI is InChI=1S/C19H23NO4/c1-13(2)8-9-23-18-11-20-15(10-17(18)21)12-24-19(22)16-7-5-4-6-14(16)3/h4-7,10-11,13H,8-9,12H2,1-3H3,(H,20,21). The molecule has 0 bridgehead atoms. The van der Waals surface area contributed by atoms with Gasteiger partial charge in [-0.15, -0.1) is 0 Å². The van der Waals surface area contributed by atoms with Crippen molar-refractivity contribution in [2.45, 2.75) is 33.8 Å². The van der Waals surface area contributed by atoms with Gasteiger partial charge in [0.05, 0.1) is 17.9 Å². The summed E-state index contributed by atoms with van der Waals surface area (Å²) in [5, 5.41) is 0. The lowest BCUT2D eigenvalue weighted by atomic mass is 10.1. The van der Waals surface area contributed by atoms with E-state index in [-0.39, 0.29) is 17.8 Å². The predicted octanol–water partition coefficient (Wildman–Crippen LogP) is 3.47. The topological polar surface area (TPSA) is 68.4 Å². The minimum Gasteiger partial charge on any atom is -0.488 e. The molecule has 2 rings (SSSR count). The van der Waals surface area contributed by atoms with Crippen molar-refractivity contribution in [1.29, 1.82) is 0 Å². The molecule has 0 unspecified atom stereocenters. The predicted molar refractivity (Wildman–Crippen MR) is 92.3 cm³/mol. The van der Waals surface area contributed by atoms with Crippen molar-refractivity contribution >= 4 is 5.97 Å². The highest BCUT2D eigenvalue weighted by Crippen LogP contribution is 2.10. The van der Waals surface area contributed by atoms with Crippen molar-refractivity contribution in [3.05, 3.63) is 63.6 Å². The van der Waals surface area contributed by atoms with Crippen molar-refractivity contribution in [1.82, 2.24) is 4.98 Å². The highest BCUT2D eigenvalue weighted by atomic mass is 16.5. The molecule has 0 aliphatic carbocycles. The molecule has 0 spiro atoms. The Balaban J connectivity index is 1.94. The zero-order chi connectivity index (χ0) is 17.5. The molecule has 0 radical (unpaired) electrons. The minimum atomic E-state index is -0.411. The molecule has 5 heteroatoms. The van der Waals surface area contributed by atoms with Crippen LogP contribution in [0.3, 0.4) is 0 Å². The first-order valence-electron chi connectivity index (χ1n) is 8.04. The number of rotatable bonds is 7. The van der Waals surface area contributed by atoms with Gasteiger partial charge in [0.1, 0.15) is 6.61 Å². The number of esters is 1. The first-order chi connectivity index (χ1) is 11.5. The summed E-state index contributed by atoms with van der Waals surface area (Å²) < 4.78 is 10.7. The average Bonchev–Trinajstić information content (AvgIpc) is 2.54. The minimum absolute atomic E-state index is 0.00861. The molecule has 1 heterocycles. The second-order valence-electron chi connectivity index (χ2n) is 6.11. The van der Waals surface area contributed by atoms with Gasteiger partial charge in [-0.2, -0.15) is 0 Å². The molecule has 5 nitrogen and oxygen atoms in total. The Labute approximate surface area is 141 Å². The van der Waals surface area contributed by atoms with Gasteiger partial charge >= 0.3 is 5.97 Å². The summed E-state index contributed by atoms with van der Waals surface area (Å²) in [6.07, 6.45) is 2.40. The maximum atomic E-state index is 12.1. The number of benzene rings is 1. The zero-order valence-electron chi connectivity index (χ0n) is 14.3. The third-order valence-electron chi connectivity index (χ3n) is 3.61. The fourth-order valence-electron chi connectivity index (χ4n) is 2.12. The Bertz CT molecular complexity index is 749. The van der Waals surface area contributed by atoms with E-state index in [0.717, 1.165) is 12.0 Å². The van der Waals surface area contributed by atoms with E-state index in [2.05, 4.69) is 18.8 Å². The van der Waals surface area contributed by atoms with Crippen molar-refractivity contribution in [2.75, 3.05) is 6.61 Å². The Morgan fingerprint density at radius 1 is 1.25 bits per heavy atom. The van der Waals surface area contributed by atoms with Crippen molar-refractivity contribution in [3.63, 3.8) is 0 Å². The Hall–Kier alpha value is -2.56. The summed E-state index contributed by atoms with van der Waals surface area (Å²) in [5.41, 5.74) is 1.68. The number of H-pyrrole nitrogens is 1. The van der Waals surface area contributed by atoms with Crippen LogP contribution in [0, 0.1) is 12.8 Å². The SMILES string of the molecule is Cc1ccccc1C(=O)OCc1cc(=O)c(OCCC(C)C)c[nH]1. The van der Waals surface area contributed by atoms with Crippen LogP contribution in [-0.2, 0) is 11.3 Å². The molecule has 128 valence electrons. The van der Waals surface area contributed by atoms with Gasteiger partial charge in [-0.25, -0.2) is 4.79 Å². The first kappa shape index (κ1) is 17.8. The van der Waals surface area contributed by atoms with E-state index in [1.807, 2.05) is 19.1 Å². The maximum Gasteiger partial charge on any atom is 0.338 e. The molecule has 0 fully saturated rings. The van der Waals surface area contributed by atoms with Gasteiger partial charge in [-0.05, 0) is 30.9 Å². The molecular formula is C19H23NO4. The van der Waals surface area contributed by atoms with Gasteiger partial charge < -0.3 is 14.5 Å². The molecule has 1 N–H and O–H groups in total. The quantitative estimate of drug-likeness (QED) is 0.790. The second-order valence-corrected chi connectivity index (χ2v) is 6.11. The molecule has 0 saturated carbocycles. The molecule has 0 aliphatic rings. The molecule has 0 aliphatic heterocycles. The van der Waals surface area contributed by atoms with Crippen molar-refractivity contribution in [2.24, 2.45) is 5.92 Å². The van der Waals surface area contributed by atoms with E-state index >= 15 is 0 Å². The van der Waals surface area contributed by atoms with Crippen LogP contribution in [0.4, 0.5) is 0 Å². The van der Waals surface area contributed by atoms with Crippen molar-refractivity contribution in [3.8, 4) is 5.75 Å². The van der Waals surface area contributed by atoms with Crippen LogP contribution in [0.5, 0.6) is 5.75 Å². The number of nitrogens with one attached hydrogen (secondary N) is 1. The van der Waals surface area contributed by atoms with Gasteiger partial charge in [0.15, 0.2) is 5.75 Å². The number of aryl methyl sites for hydroxylation is 1. The highest BCUT2D eigenvalue weighted by Gasteiger charge is 2.11. The largest absolute Gasteiger partial charge is 0.488 e. The summed E-state index contributed by atoms with van der Waals surface area (Å²) in [5.74, 6) is 0.389. The molecule has 0 atom stereocenters. The first-order valence-corrected chi connectivity index (χ1v) is 8.04. The third-order valence-corrected chi connectivity index (χ3v) is 3.61. The molecule has 1 aromatic carbocycles. The molecule has 24 heavy (non-hydrogen) atoms. The number of hydrogen-bond acceptors (Lipinski definition) is 4. The summed E-state index contributed by atoms with van der Waals surface area (Å²) >= 11 is 0. The van der Waals surface area contributed by atoms with Gasteiger partial charge in [-0.1, -0.05) is 32.0 Å². The average molecular weight is 329 g/mol. The fraction of sp³-hybridized carbons (Fsp3) is 0.368. The van der Waals surface area contributed by atoms with Crippen LogP contribution in [0.15, 0.2) is 41.3 Å². The van der Waals surface area contributed by atoms with Gasteiger partial charge in [-0.3, -0.25) is 4.79 Å². The summed E-state index contributed by atoms with van der Waals surface area (Å²) in [4.78, 5) is 27.0. The lowest BCUT2D eigenvalue weighted by Gasteiger charge is -2.09. The van der Waals surface area contributed by atoms with Crippen LogP contribution >= 0.6 is 0 Å². The van der Waals surface area contributed by atoms with E-state index in [0.29, 0.717) is 23.8 Å². The van der Waals surface area contributed by atoms with Crippen LogP contribution in [0.2, 0.25) is 0 Å². The number of hydrogen-bond donors (Lipinski definition) is 1. The van der Waals surface area contributed by atoms with Crippen LogP contribution in [0.1, 0.15) is 41.9 Å². The molecule has 0 amide bonds. The van der Waals surface area contributed by atoms with Crippen LogP contribution < -0.4 is 10.2 Å². The number of carbonyl (C=O) groups is 1. The molecule has 0 saturated heterocycles. The lowest BCUT2D eigenvalue weighted by Crippen LogP contribution is -2.13. The number of aromatic amines is 1. The van der Waals surface area contributed by atoms with Crippen LogP contribution in [-0.4, -0.2) is 17.6 Å². The van der Waals surface area contributed by atoms with Crippen molar-refractivity contribution < 1.29 is 14.3 Å². The number of pyridine rings is 1. The zero-order valence-corrected chi connectivity index (χ0v) is 14.3. The van der Waals surface area contributed by atoms with Gasteiger partial charge in [0.25, 0.3) is 0 Å². The number of carbonyl (C=O) groups excluding carboxylic acids is 1. The van der Waals surface area contributed by atoms with E-state index in [1.165, 1.54) is 12.3 Å². The van der Waals surface area contributed by atoms with Crippen LogP contribution in [0.25, 0.3) is 0 Å². The summed E-state index contributed by atoms with van der Waals surface area (Å²) in [7, 11) is 0. The van der Waals surface area contributed by atoms with E-state index in [1.54, 1.807) is 12.1 Å². The Morgan fingerprint density at radius 2 is 2.00 bits per heavy atom.